The van der Waals surface area contributed by atoms with Crippen molar-refractivity contribution in [2.75, 3.05) is 18.4 Å². The molecule has 1 aliphatic carbocycles. The van der Waals surface area contributed by atoms with Crippen molar-refractivity contribution < 1.29 is 19.1 Å². The molecule has 0 bridgehead atoms. The van der Waals surface area contributed by atoms with Crippen molar-refractivity contribution in [1.29, 1.82) is 0 Å². The van der Waals surface area contributed by atoms with Gasteiger partial charge in [0.05, 0.1) is 0 Å². The number of hydrogen-bond acceptors (Lipinski definition) is 4. The lowest BCUT2D eigenvalue weighted by Crippen LogP contribution is -2.44. The average Bonchev–Trinajstić information content (AvgIpc) is 2.68. The predicted octanol–water partition coefficient (Wildman–Crippen LogP) is 5.68. The van der Waals surface area contributed by atoms with Gasteiger partial charge in [0, 0.05) is 31.6 Å². The van der Waals surface area contributed by atoms with Crippen LogP contribution in [0.25, 0.3) is 0 Å². The third-order valence-corrected chi connectivity index (χ3v) is 5.61. The molecule has 1 aliphatic heterocycles. The minimum atomic E-state index is -0.504. The van der Waals surface area contributed by atoms with E-state index in [-0.39, 0.29) is 12.2 Å². The Hall–Kier alpha value is -2.24. The molecule has 0 atom stereocenters. The average molecular weight is 403 g/mol. The first kappa shape index (κ1) is 21.5. The third-order valence-electron chi connectivity index (χ3n) is 5.61. The monoisotopic (exact) mass is 402 g/mol. The quantitative estimate of drug-likeness (QED) is 0.706. The molecule has 3 rings (SSSR count). The largest absolute Gasteiger partial charge is 0.446 e. The molecule has 6 nitrogen and oxygen atoms in total. The highest BCUT2D eigenvalue weighted by molar-refractivity contribution is 5.86. The number of carbonyl (C=O) groups is 2. The second-order valence-corrected chi connectivity index (χ2v) is 9.12. The summed E-state index contributed by atoms with van der Waals surface area (Å²) in [4.78, 5) is 26.3. The Morgan fingerprint density at radius 3 is 2.31 bits per heavy atom. The van der Waals surface area contributed by atoms with E-state index in [9.17, 15) is 9.59 Å². The van der Waals surface area contributed by atoms with Gasteiger partial charge in [0.2, 0.25) is 0 Å². The minimum Gasteiger partial charge on any atom is -0.446 e. The van der Waals surface area contributed by atoms with Crippen LogP contribution in [0.2, 0.25) is 0 Å². The van der Waals surface area contributed by atoms with Gasteiger partial charge < -0.3 is 14.4 Å². The summed E-state index contributed by atoms with van der Waals surface area (Å²) in [5.41, 5.74) is 1.57. The maximum Gasteiger partial charge on any atom is 0.411 e. The normalized spacial score (nSPS) is 18.9. The van der Waals surface area contributed by atoms with Gasteiger partial charge in [-0.25, -0.2) is 9.59 Å². The van der Waals surface area contributed by atoms with Crippen LogP contribution < -0.4 is 5.32 Å². The van der Waals surface area contributed by atoms with Gasteiger partial charge in [-0.15, -0.1) is 0 Å². The van der Waals surface area contributed by atoms with Crippen molar-refractivity contribution in [2.24, 2.45) is 0 Å². The van der Waals surface area contributed by atoms with Crippen molar-refractivity contribution in [1.82, 2.24) is 4.90 Å². The van der Waals surface area contributed by atoms with Crippen molar-refractivity contribution >= 4 is 17.9 Å². The summed E-state index contributed by atoms with van der Waals surface area (Å²) in [7, 11) is 0. The highest BCUT2D eigenvalue weighted by atomic mass is 16.6. The van der Waals surface area contributed by atoms with Gasteiger partial charge >= 0.3 is 12.2 Å². The zero-order chi connectivity index (χ0) is 20.9. The van der Waals surface area contributed by atoms with Gasteiger partial charge in [-0.1, -0.05) is 37.5 Å². The highest BCUT2D eigenvalue weighted by Crippen LogP contribution is 2.36. The zero-order valence-corrected chi connectivity index (χ0v) is 17.9. The second kappa shape index (κ2) is 9.51. The molecule has 1 saturated heterocycles. The van der Waals surface area contributed by atoms with Crippen LogP contribution >= 0.6 is 0 Å². The fourth-order valence-electron chi connectivity index (χ4n) is 4.15. The summed E-state index contributed by atoms with van der Waals surface area (Å²) in [5, 5.41) is 2.95. The smallest absolute Gasteiger partial charge is 0.411 e. The Morgan fingerprint density at radius 1 is 1.00 bits per heavy atom. The van der Waals surface area contributed by atoms with Gasteiger partial charge in [0.1, 0.15) is 11.7 Å². The van der Waals surface area contributed by atoms with Gasteiger partial charge in [0.25, 0.3) is 0 Å². The molecule has 160 valence electrons. The van der Waals surface area contributed by atoms with E-state index in [0.717, 1.165) is 5.69 Å². The summed E-state index contributed by atoms with van der Waals surface area (Å²) in [6, 6.07) is 8.05. The predicted molar refractivity (Wildman–Crippen MR) is 113 cm³/mol. The van der Waals surface area contributed by atoms with Crippen molar-refractivity contribution in [3.63, 3.8) is 0 Å². The van der Waals surface area contributed by atoms with E-state index in [1.807, 2.05) is 39.0 Å². The molecule has 2 amide bonds. The van der Waals surface area contributed by atoms with E-state index in [0.29, 0.717) is 31.8 Å². The van der Waals surface area contributed by atoms with E-state index >= 15 is 0 Å². The molecular weight excluding hydrogens is 368 g/mol. The molecule has 1 saturated carbocycles. The molecule has 2 aliphatic rings. The molecule has 29 heavy (non-hydrogen) atoms. The van der Waals surface area contributed by atoms with Crippen LogP contribution in [0.1, 0.15) is 77.2 Å². The Labute approximate surface area is 173 Å². The molecule has 1 N–H and O–H groups in total. The maximum atomic E-state index is 12.5. The summed E-state index contributed by atoms with van der Waals surface area (Å²) in [6.07, 6.45) is 6.50. The summed E-state index contributed by atoms with van der Waals surface area (Å²) >= 11 is 0. The number of rotatable bonds is 3. The van der Waals surface area contributed by atoms with E-state index in [2.05, 4.69) is 11.4 Å². The summed E-state index contributed by atoms with van der Waals surface area (Å²) < 4.78 is 11.0. The van der Waals surface area contributed by atoms with E-state index in [1.165, 1.54) is 37.7 Å². The standard InChI is InChI=1S/C23H34N2O4/c1-23(2,3)29-22(27)25-15-13-18(14-16-25)28-21(26)24-20-12-8-7-11-19(20)17-9-5-4-6-10-17/h7-8,11-12,17-18H,4-6,9-10,13-16H2,1-3H3,(H,24,26). The molecule has 1 heterocycles. The number of amides is 2. The first-order valence-electron chi connectivity index (χ1n) is 10.9. The molecular formula is C23H34N2O4. The van der Waals surface area contributed by atoms with Crippen LogP contribution in [0.4, 0.5) is 15.3 Å². The summed E-state index contributed by atoms with van der Waals surface area (Å²) in [6.45, 7) is 6.64. The van der Waals surface area contributed by atoms with Crippen molar-refractivity contribution in [3.8, 4) is 0 Å². The van der Waals surface area contributed by atoms with Crippen molar-refractivity contribution in [2.45, 2.75) is 83.3 Å². The topological polar surface area (TPSA) is 67.9 Å². The number of carbonyl (C=O) groups excluding carboxylic acids is 2. The number of benzene rings is 1. The number of hydrogen-bond donors (Lipinski definition) is 1. The van der Waals surface area contributed by atoms with Crippen LogP contribution in [-0.4, -0.2) is 41.9 Å². The minimum absolute atomic E-state index is 0.185. The van der Waals surface area contributed by atoms with Crippen LogP contribution in [0.3, 0.4) is 0 Å². The number of piperidine rings is 1. The SMILES string of the molecule is CC(C)(C)OC(=O)N1CCC(OC(=O)Nc2ccccc2C2CCCCC2)CC1. The number of nitrogens with zero attached hydrogens (tertiary/aromatic N) is 1. The zero-order valence-electron chi connectivity index (χ0n) is 17.9. The van der Waals surface area contributed by atoms with E-state index < -0.39 is 11.7 Å². The Bertz CT molecular complexity index is 699. The first-order chi connectivity index (χ1) is 13.8. The molecule has 1 aromatic carbocycles. The lowest BCUT2D eigenvalue weighted by atomic mass is 9.83. The maximum absolute atomic E-state index is 12.5. The van der Waals surface area contributed by atoms with Crippen LogP contribution in [0.5, 0.6) is 0 Å². The number of ether oxygens (including phenoxy) is 2. The van der Waals surface area contributed by atoms with Crippen LogP contribution in [0, 0.1) is 0 Å². The van der Waals surface area contributed by atoms with Gasteiger partial charge in [-0.3, -0.25) is 5.32 Å². The lowest BCUT2D eigenvalue weighted by molar-refractivity contribution is 0.00794. The fraction of sp³-hybridized carbons (Fsp3) is 0.652. The summed E-state index contributed by atoms with van der Waals surface area (Å²) in [5.74, 6) is 0.511. The first-order valence-corrected chi connectivity index (χ1v) is 10.9. The second-order valence-electron chi connectivity index (χ2n) is 9.12. The van der Waals surface area contributed by atoms with E-state index in [4.69, 9.17) is 9.47 Å². The van der Waals surface area contributed by atoms with Crippen molar-refractivity contribution in [3.05, 3.63) is 29.8 Å². The molecule has 0 unspecified atom stereocenters. The molecule has 1 aromatic rings. The molecule has 0 spiro atoms. The van der Waals surface area contributed by atoms with Gasteiger partial charge in [-0.2, -0.15) is 0 Å². The van der Waals surface area contributed by atoms with E-state index in [1.54, 1.807) is 4.90 Å². The molecule has 6 heteroatoms. The van der Waals surface area contributed by atoms with Gasteiger partial charge in [0.15, 0.2) is 0 Å². The Morgan fingerprint density at radius 2 is 1.66 bits per heavy atom. The Kier molecular flexibility index (Phi) is 7.04. The molecule has 0 aromatic heterocycles. The number of likely N-dealkylation sites (tertiary alicyclic amines) is 1. The number of nitrogens with one attached hydrogen (secondary N) is 1. The van der Waals surface area contributed by atoms with Gasteiger partial charge in [-0.05, 0) is 51.2 Å². The van der Waals surface area contributed by atoms with Crippen LogP contribution in [0.15, 0.2) is 24.3 Å². The number of para-hydroxylation sites is 1. The third kappa shape index (κ3) is 6.38. The lowest BCUT2D eigenvalue weighted by Gasteiger charge is -2.33. The highest BCUT2D eigenvalue weighted by Gasteiger charge is 2.28. The Balaban J connectivity index is 1.49. The molecule has 0 radical (unpaired) electrons. The number of anilines is 1. The molecule has 2 fully saturated rings. The van der Waals surface area contributed by atoms with Crippen LogP contribution in [-0.2, 0) is 9.47 Å². The fourth-order valence-corrected chi connectivity index (χ4v) is 4.15.